The number of benzene rings is 2. The van der Waals surface area contributed by atoms with Gasteiger partial charge in [0.15, 0.2) is 0 Å². The van der Waals surface area contributed by atoms with Crippen molar-refractivity contribution in [2.75, 3.05) is 22.5 Å². The lowest BCUT2D eigenvalue weighted by Gasteiger charge is -2.39. The average molecular weight is 380 g/mol. The Morgan fingerprint density at radius 2 is 1.64 bits per heavy atom. The maximum Gasteiger partial charge on any atom is 0.258 e. The molecule has 0 bridgehead atoms. The van der Waals surface area contributed by atoms with Crippen molar-refractivity contribution in [3.63, 3.8) is 0 Å². The molecule has 0 saturated carbocycles. The summed E-state index contributed by atoms with van der Waals surface area (Å²) in [6.45, 7) is 5.38. The predicted octanol–water partition coefficient (Wildman–Crippen LogP) is 3.13. The Morgan fingerprint density at radius 3 is 2.25 bits per heavy atom. The van der Waals surface area contributed by atoms with Crippen LogP contribution in [0.25, 0.3) is 0 Å². The summed E-state index contributed by atoms with van der Waals surface area (Å²) in [6, 6.07) is 14.1. The van der Waals surface area contributed by atoms with E-state index in [0.29, 0.717) is 16.9 Å². The summed E-state index contributed by atoms with van der Waals surface area (Å²) in [5.74, 6) is -0.480. The summed E-state index contributed by atoms with van der Waals surface area (Å²) in [7, 11) is 0. The fourth-order valence-corrected chi connectivity index (χ4v) is 3.21. The van der Waals surface area contributed by atoms with Gasteiger partial charge in [-0.1, -0.05) is 26.0 Å². The zero-order valence-electron chi connectivity index (χ0n) is 16.2. The van der Waals surface area contributed by atoms with Gasteiger partial charge >= 0.3 is 0 Å². The summed E-state index contributed by atoms with van der Waals surface area (Å²) in [5, 5.41) is 8.83. The third-order valence-electron chi connectivity index (χ3n) is 4.49. The van der Waals surface area contributed by atoms with Crippen LogP contribution in [-0.2, 0) is 9.59 Å². The lowest BCUT2D eigenvalue weighted by atomic mass is 10.0. The SMILES string of the molecule is CC(=O)Nc1ccc(NC(=O)CN2C(=O)c3ccccc3N[C@H]2C(C)C)cc1. The van der Waals surface area contributed by atoms with E-state index < -0.39 is 0 Å². The first-order valence-corrected chi connectivity index (χ1v) is 9.19. The molecule has 1 heterocycles. The zero-order valence-corrected chi connectivity index (χ0v) is 16.2. The van der Waals surface area contributed by atoms with Crippen molar-refractivity contribution in [2.45, 2.75) is 26.9 Å². The molecule has 2 aromatic carbocycles. The standard InChI is InChI=1S/C21H24N4O3/c1-13(2)20-24-18-7-5-4-6-17(18)21(28)25(20)12-19(27)23-16-10-8-15(9-11-16)22-14(3)26/h4-11,13,20,24H,12H2,1-3H3,(H,22,26)(H,23,27)/t20-/m1/s1. The molecule has 0 fully saturated rings. The molecule has 0 aromatic heterocycles. The summed E-state index contributed by atoms with van der Waals surface area (Å²) in [5.41, 5.74) is 2.60. The molecular formula is C21H24N4O3. The van der Waals surface area contributed by atoms with Crippen molar-refractivity contribution in [2.24, 2.45) is 5.92 Å². The van der Waals surface area contributed by atoms with Gasteiger partial charge in [0.2, 0.25) is 11.8 Å². The van der Waals surface area contributed by atoms with Gasteiger partial charge < -0.3 is 20.9 Å². The van der Waals surface area contributed by atoms with E-state index in [9.17, 15) is 14.4 Å². The van der Waals surface area contributed by atoms with Crippen LogP contribution in [-0.4, -0.2) is 35.3 Å². The van der Waals surface area contributed by atoms with E-state index in [2.05, 4.69) is 16.0 Å². The Labute approximate surface area is 164 Å². The van der Waals surface area contributed by atoms with Gasteiger partial charge in [-0.25, -0.2) is 0 Å². The van der Waals surface area contributed by atoms with Gasteiger partial charge in [0.05, 0.1) is 5.56 Å². The number of hydrogen-bond donors (Lipinski definition) is 3. The number of amides is 3. The van der Waals surface area contributed by atoms with Crippen LogP contribution in [0.5, 0.6) is 0 Å². The fourth-order valence-electron chi connectivity index (χ4n) is 3.21. The van der Waals surface area contributed by atoms with Crippen LogP contribution in [0.4, 0.5) is 17.1 Å². The zero-order chi connectivity index (χ0) is 20.3. The molecule has 0 radical (unpaired) electrons. The van der Waals surface area contributed by atoms with Crippen LogP contribution in [0, 0.1) is 5.92 Å². The van der Waals surface area contributed by atoms with Crippen molar-refractivity contribution in [3.05, 3.63) is 54.1 Å². The van der Waals surface area contributed by atoms with Gasteiger partial charge in [0, 0.05) is 24.0 Å². The van der Waals surface area contributed by atoms with Gasteiger partial charge in [-0.15, -0.1) is 0 Å². The van der Waals surface area contributed by atoms with Crippen molar-refractivity contribution < 1.29 is 14.4 Å². The second kappa shape index (κ2) is 8.12. The highest BCUT2D eigenvalue weighted by molar-refractivity contribution is 6.04. The Bertz CT molecular complexity index is 893. The number of nitrogens with zero attached hydrogens (tertiary/aromatic N) is 1. The molecule has 0 saturated heterocycles. The Balaban J connectivity index is 1.71. The molecule has 1 aliphatic rings. The van der Waals surface area contributed by atoms with Crippen LogP contribution in [0.15, 0.2) is 48.5 Å². The number of anilines is 3. The highest BCUT2D eigenvalue weighted by Crippen LogP contribution is 2.28. The minimum atomic E-state index is -0.285. The second-order valence-electron chi connectivity index (χ2n) is 7.12. The summed E-state index contributed by atoms with van der Waals surface area (Å²) in [4.78, 5) is 38.1. The van der Waals surface area contributed by atoms with Gasteiger partial charge in [-0.05, 0) is 42.3 Å². The van der Waals surface area contributed by atoms with Crippen LogP contribution in [0.3, 0.4) is 0 Å². The Kier molecular flexibility index (Phi) is 5.63. The van der Waals surface area contributed by atoms with Crippen molar-refractivity contribution in [1.29, 1.82) is 0 Å². The molecule has 0 aliphatic carbocycles. The molecule has 146 valence electrons. The molecule has 0 unspecified atom stereocenters. The summed E-state index contributed by atoms with van der Waals surface area (Å²) >= 11 is 0. The normalized spacial score (nSPS) is 15.6. The quantitative estimate of drug-likeness (QED) is 0.743. The van der Waals surface area contributed by atoms with Gasteiger partial charge in [-0.2, -0.15) is 0 Å². The van der Waals surface area contributed by atoms with Crippen molar-refractivity contribution in [3.8, 4) is 0 Å². The maximum atomic E-state index is 12.9. The van der Waals surface area contributed by atoms with Crippen LogP contribution in [0.2, 0.25) is 0 Å². The minimum absolute atomic E-state index is 0.0591. The molecular weight excluding hydrogens is 356 g/mol. The maximum absolute atomic E-state index is 12.9. The molecule has 3 rings (SSSR count). The third kappa shape index (κ3) is 4.31. The van der Waals surface area contributed by atoms with Crippen molar-refractivity contribution in [1.82, 2.24) is 4.90 Å². The number of para-hydroxylation sites is 1. The van der Waals surface area contributed by atoms with Crippen molar-refractivity contribution >= 4 is 34.8 Å². The number of rotatable bonds is 5. The number of nitrogens with one attached hydrogen (secondary N) is 3. The van der Waals surface area contributed by atoms with Crippen LogP contribution in [0.1, 0.15) is 31.1 Å². The second-order valence-corrected chi connectivity index (χ2v) is 7.12. The van der Waals surface area contributed by atoms with E-state index in [0.717, 1.165) is 5.69 Å². The molecule has 2 aromatic rings. The summed E-state index contributed by atoms with van der Waals surface area (Å²) < 4.78 is 0. The molecule has 3 amide bonds. The van der Waals surface area contributed by atoms with Gasteiger partial charge in [0.1, 0.15) is 12.7 Å². The van der Waals surface area contributed by atoms with Gasteiger partial charge in [0.25, 0.3) is 5.91 Å². The molecule has 28 heavy (non-hydrogen) atoms. The minimum Gasteiger partial charge on any atom is -0.364 e. The topological polar surface area (TPSA) is 90.5 Å². The number of carbonyl (C=O) groups is 3. The predicted molar refractivity (Wildman–Crippen MR) is 109 cm³/mol. The van der Waals surface area contributed by atoms with E-state index in [1.54, 1.807) is 35.2 Å². The van der Waals surface area contributed by atoms with E-state index in [-0.39, 0.29) is 36.3 Å². The number of hydrogen-bond acceptors (Lipinski definition) is 4. The van der Waals surface area contributed by atoms with E-state index in [1.165, 1.54) is 6.92 Å². The van der Waals surface area contributed by atoms with E-state index in [4.69, 9.17) is 0 Å². The van der Waals surface area contributed by atoms with Gasteiger partial charge in [-0.3, -0.25) is 14.4 Å². The number of carbonyl (C=O) groups excluding carboxylic acids is 3. The Morgan fingerprint density at radius 1 is 1.04 bits per heavy atom. The highest BCUT2D eigenvalue weighted by Gasteiger charge is 2.34. The summed E-state index contributed by atoms with van der Waals surface area (Å²) in [6.07, 6.45) is -0.268. The third-order valence-corrected chi connectivity index (χ3v) is 4.49. The first-order chi connectivity index (χ1) is 13.3. The lowest BCUT2D eigenvalue weighted by Crippen LogP contribution is -2.53. The molecule has 0 spiro atoms. The largest absolute Gasteiger partial charge is 0.364 e. The molecule has 1 atom stereocenters. The first kappa shape index (κ1) is 19.4. The van der Waals surface area contributed by atoms with Crippen LogP contribution >= 0.6 is 0 Å². The highest BCUT2D eigenvalue weighted by atomic mass is 16.2. The molecule has 3 N–H and O–H groups in total. The van der Waals surface area contributed by atoms with E-state index >= 15 is 0 Å². The lowest BCUT2D eigenvalue weighted by molar-refractivity contribution is -0.117. The first-order valence-electron chi connectivity index (χ1n) is 9.19. The molecule has 7 heteroatoms. The Hall–Kier alpha value is -3.35. The number of fused-ring (bicyclic) bond motifs is 1. The molecule has 7 nitrogen and oxygen atoms in total. The monoisotopic (exact) mass is 380 g/mol. The fraction of sp³-hybridized carbons (Fsp3) is 0.286. The smallest absolute Gasteiger partial charge is 0.258 e. The van der Waals surface area contributed by atoms with E-state index in [1.807, 2.05) is 32.0 Å². The van der Waals surface area contributed by atoms with Crippen LogP contribution < -0.4 is 16.0 Å². The molecule has 1 aliphatic heterocycles. The average Bonchev–Trinajstić information content (AvgIpc) is 2.65.